The molecular formula is C25H24BrClF3N5O5S. The molecule has 220 valence electrons. The van der Waals surface area contributed by atoms with Crippen molar-refractivity contribution < 1.29 is 37.4 Å². The molecule has 2 aromatic carbocycles. The van der Waals surface area contributed by atoms with Crippen LogP contribution in [-0.4, -0.2) is 51.8 Å². The first kappa shape index (κ1) is 33.5. The van der Waals surface area contributed by atoms with Crippen LogP contribution in [-0.2, 0) is 16.1 Å². The number of halogens is 5. The fourth-order valence-corrected chi connectivity index (χ4v) is 4.40. The number of guanidine groups is 1. The normalized spacial score (nSPS) is 11.3. The van der Waals surface area contributed by atoms with Crippen molar-refractivity contribution in [2.75, 3.05) is 17.8 Å². The molecule has 0 saturated heterocycles. The number of carbonyl (C=O) groups is 3. The number of hydrogen-bond donors (Lipinski definition) is 4. The highest BCUT2D eigenvalue weighted by molar-refractivity contribution is 9.09. The van der Waals surface area contributed by atoms with Crippen molar-refractivity contribution in [3.8, 4) is 17.0 Å². The fourth-order valence-electron chi connectivity index (χ4n) is 3.22. The average Bonchev–Trinajstić information content (AvgIpc) is 3.30. The van der Waals surface area contributed by atoms with Crippen LogP contribution < -0.4 is 21.1 Å². The molecule has 0 aliphatic carbocycles. The Morgan fingerprint density at radius 2 is 1.80 bits per heavy atom. The third kappa shape index (κ3) is 9.72. The maximum atomic E-state index is 13.0. The highest BCUT2D eigenvalue weighted by Crippen LogP contribution is 2.30. The van der Waals surface area contributed by atoms with Crippen LogP contribution in [0.4, 0.5) is 18.9 Å². The summed E-state index contributed by atoms with van der Waals surface area (Å²) < 4.78 is 41.4. The number of aryl methyl sites for hydroxylation is 2. The summed E-state index contributed by atoms with van der Waals surface area (Å²) in [4.78, 5) is 38.5. The maximum absolute atomic E-state index is 13.0. The lowest BCUT2D eigenvalue weighted by molar-refractivity contribution is -0.192. The Kier molecular flexibility index (Phi) is 12.1. The van der Waals surface area contributed by atoms with E-state index < -0.39 is 12.1 Å². The number of methoxy groups -OCH3 is 1. The third-order valence-electron chi connectivity index (χ3n) is 5.10. The van der Waals surface area contributed by atoms with Crippen molar-refractivity contribution in [3.63, 3.8) is 0 Å². The topological polar surface area (TPSA) is 156 Å². The zero-order valence-corrected chi connectivity index (χ0v) is 24.9. The zero-order valence-electron chi connectivity index (χ0n) is 21.7. The molecule has 2 amide bonds. The molecule has 0 fully saturated rings. The molecular weight excluding hydrogens is 655 g/mol. The third-order valence-corrected chi connectivity index (χ3v) is 6.66. The smallest absolute Gasteiger partial charge is 0.490 e. The first-order valence-electron chi connectivity index (χ1n) is 11.3. The number of nitrogens with zero attached hydrogens (tertiary/aromatic N) is 2. The number of aliphatic imine (C=N–C) groups is 1. The predicted octanol–water partition coefficient (Wildman–Crippen LogP) is 5.30. The monoisotopic (exact) mass is 677 g/mol. The number of rotatable bonds is 7. The number of carbonyl (C=O) groups excluding carboxylic acids is 2. The van der Waals surface area contributed by atoms with E-state index in [0.29, 0.717) is 27.7 Å². The molecule has 3 rings (SSSR count). The number of ether oxygens (including phenoxy) is 1. The summed E-state index contributed by atoms with van der Waals surface area (Å²) in [6.07, 6.45) is -5.08. The number of carboxylic acids is 1. The SMILES string of the molecule is COc1ccc(-c2nsc(C)c2C(=O)NC(N)=NCc2cc(C)c(NC(=O)CBr)c(Cl)c2)cc1.O=C(O)C(F)(F)F. The van der Waals surface area contributed by atoms with Gasteiger partial charge in [-0.3, -0.25) is 14.9 Å². The molecule has 0 bridgehead atoms. The van der Waals surface area contributed by atoms with E-state index in [9.17, 15) is 22.8 Å². The number of hydrogen-bond acceptors (Lipinski definition) is 7. The Morgan fingerprint density at radius 3 is 2.32 bits per heavy atom. The van der Waals surface area contributed by atoms with Crippen molar-refractivity contribution in [1.82, 2.24) is 9.69 Å². The standard InChI is InChI=1S/C23H23BrClN5O3S.C2HF3O2/c1-12-8-14(9-17(25)20(12)28-18(31)10-24)11-27-23(26)29-22(32)19-13(2)34-30-21(19)15-4-6-16(33-3)7-5-15;3-2(4,5)1(6)7/h4-9H,10-11H2,1-3H3,(H,28,31)(H3,26,27,29,32);(H,6,7). The number of benzene rings is 2. The molecule has 1 aromatic heterocycles. The zero-order chi connectivity index (χ0) is 30.9. The minimum absolute atomic E-state index is 0.0262. The summed E-state index contributed by atoms with van der Waals surface area (Å²) in [6, 6.07) is 10.9. The van der Waals surface area contributed by atoms with Gasteiger partial charge in [-0.25, -0.2) is 9.79 Å². The van der Waals surface area contributed by atoms with E-state index in [0.717, 1.165) is 21.6 Å². The van der Waals surface area contributed by atoms with Gasteiger partial charge in [0, 0.05) is 10.4 Å². The second kappa shape index (κ2) is 14.8. The van der Waals surface area contributed by atoms with Gasteiger partial charge in [-0.1, -0.05) is 33.6 Å². The number of alkyl halides is 4. The first-order valence-corrected chi connectivity index (χ1v) is 13.6. The van der Waals surface area contributed by atoms with E-state index in [1.54, 1.807) is 13.2 Å². The lowest BCUT2D eigenvalue weighted by Crippen LogP contribution is -2.37. The van der Waals surface area contributed by atoms with Crippen molar-refractivity contribution >= 4 is 68.5 Å². The molecule has 0 aliphatic heterocycles. The van der Waals surface area contributed by atoms with E-state index >= 15 is 0 Å². The summed E-state index contributed by atoms with van der Waals surface area (Å²) in [6.45, 7) is 3.86. The van der Waals surface area contributed by atoms with Crippen molar-refractivity contribution in [2.45, 2.75) is 26.6 Å². The lowest BCUT2D eigenvalue weighted by Gasteiger charge is -2.12. The van der Waals surface area contributed by atoms with E-state index in [2.05, 4.69) is 35.9 Å². The van der Waals surface area contributed by atoms with Gasteiger partial charge in [-0.15, -0.1) is 0 Å². The highest BCUT2D eigenvalue weighted by atomic mass is 79.9. The van der Waals surface area contributed by atoms with E-state index in [1.807, 2.05) is 44.2 Å². The van der Waals surface area contributed by atoms with E-state index in [4.69, 9.17) is 32.0 Å². The average molecular weight is 679 g/mol. The number of nitrogens with one attached hydrogen (secondary N) is 2. The number of nitrogens with two attached hydrogens (primary N) is 1. The number of anilines is 1. The van der Waals surface area contributed by atoms with Crippen LogP contribution in [0.3, 0.4) is 0 Å². The molecule has 41 heavy (non-hydrogen) atoms. The molecule has 0 spiro atoms. The van der Waals surface area contributed by atoms with Gasteiger partial charge in [0.15, 0.2) is 5.96 Å². The molecule has 1 heterocycles. The second-order valence-corrected chi connectivity index (χ2v) is 10.0. The minimum atomic E-state index is -5.08. The summed E-state index contributed by atoms with van der Waals surface area (Å²) in [5.41, 5.74) is 9.91. The predicted molar refractivity (Wildman–Crippen MR) is 154 cm³/mol. The summed E-state index contributed by atoms with van der Waals surface area (Å²) in [5, 5.41) is 13.1. The van der Waals surface area contributed by atoms with Gasteiger partial charge in [0.05, 0.1) is 41.0 Å². The maximum Gasteiger partial charge on any atom is 0.490 e. The molecule has 10 nitrogen and oxygen atoms in total. The van der Waals surface area contributed by atoms with Crippen LogP contribution in [0.2, 0.25) is 5.02 Å². The summed E-state index contributed by atoms with van der Waals surface area (Å²) in [5.74, 6) is -2.66. The number of carboxylic acid groups (broad SMARTS) is 1. The van der Waals surface area contributed by atoms with Crippen LogP contribution >= 0.6 is 39.1 Å². The highest BCUT2D eigenvalue weighted by Gasteiger charge is 2.38. The van der Waals surface area contributed by atoms with Gasteiger partial charge < -0.3 is 20.9 Å². The molecule has 5 N–H and O–H groups in total. The van der Waals surface area contributed by atoms with Crippen LogP contribution in [0.25, 0.3) is 11.3 Å². The van der Waals surface area contributed by atoms with E-state index in [1.165, 1.54) is 11.5 Å². The fraction of sp³-hybridized carbons (Fsp3) is 0.240. The molecule has 16 heteroatoms. The molecule has 0 unspecified atom stereocenters. The largest absolute Gasteiger partial charge is 0.497 e. The first-order chi connectivity index (χ1) is 19.2. The lowest BCUT2D eigenvalue weighted by atomic mass is 10.1. The van der Waals surface area contributed by atoms with Crippen LogP contribution in [0.1, 0.15) is 26.4 Å². The molecule has 0 atom stereocenters. The van der Waals surface area contributed by atoms with Crippen molar-refractivity contribution in [1.29, 1.82) is 0 Å². The van der Waals surface area contributed by atoms with Gasteiger partial charge in [-0.05, 0) is 66.8 Å². The quantitative estimate of drug-likeness (QED) is 0.150. The van der Waals surface area contributed by atoms with Gasteiger partial charge >= 0.3 is 12.1 Å². The van der Waals surface area contributed by atoms with Crippen LogP contribution in [0.5, 0.6) is 5.75 Å². The minimum Gasteiger partial charge on any atom is -0.497 e. The molecule has 0 aliphatic rings. The van der Waals surface area contributed by atoms with E-state index in [-0.39, 0.29) is 29.6 Å². The van der Waals surface area contributed by atoms with Gasteiger partial charge in [0.25, 0.3) is 5.91 Å². The van der Waals surface area contributed by atoms with Gasteiger partial charge in [0.1, 0.15) is 5.75 Å². The Hall–Kier alpha value is -3.69. The summed E-state index contributed by atoms with van der Waals surface area (Å²) >= 11 is 10.7. The number of aliphatic carboxylic acids is 1. The molecule has 0 radical (unpaired) electrons. The van der Waals surface area contributed by atoms with Crippen molar-refractivity contribution in [3.05, 3.63) is 63.0 Å². The number of amides is 2. The summed E-state index contributed by atoms with van der Waals surface area (Å²) in [7, 11) is 1.59. The Morgan fingerprint density at radius 1 is 1.20 bits per heavy atom. The Bertz CT molecular complexity index is 1430. The molecule has 0 saturated carbocycles. The Balaban J connectivity index is 0.000000745. The molecule has 3 aromatic rings. The van der Waals surface area contributed by atoms with Gasteiger partial charge in [-0.2, -0.15) is 17.5 Å². The Labute approximate surface area is 250 Å². The van der Waals surface area contributed by atoms with Crippen LogP contribution in [0, 0.1) is 13.8 Å². The van der Waals surface area contributed by atoms with Crippen molar-refractivity contribution in [2.24, 2.45) is 10.7 Å². The van der Waals surface area contributed by atoms with Crippen LogP contribution in [0.15, 0.2) is 41.4 Å². The second-order valence-electron chi connectivity index (χ2n) is 8.10. The number of aromatic nitrogens is 1. The van der Waals surface area contributed by atoms with Gasteiger partial charge in [0.2, 0.25) is 5.91 Å².